The van der Waals surface area contributed by atoms with Gasteiger partial charge >= 0.3 is 0 Å². The Hall–Kier alpha value is -0.180. The fraction of sp³-hybridized carbons (Fsp3) is 0.455. The van der Waals surface area contributed by atoms with Gasteiger partial charge < -0.3 is 5.32 Å². The number of hydrogen-bond acceptors (Lipinski definition) is 2. The van der Waals surface area contributed by atoms with Crippen molar-refractivity contribution in [2.24, 2.45) is 0 Å². The highest BCUT2D eigenvalue weighted by atomic mass is 35.5. The third kappa shape index (κ3) is 2.44. The number of halogens is 1. The Balaban J connectivity index is 2.08. The van der Waals surface area contributed by atoms with Crippen molar-refractivity contribution in [2.75, 3.05) is 12.3 Å². The monoisotopic (exact) mass is 227 g/mol. The predicted molar refractivity (Wildman–Crippen MR) is 64.1 cm³/mol. The lowest BCUT2D eigenvalue weighted by Crippen LogP contribution is -2.34. The summed E-state index contributed by atoms with van der Waals surface area (Å²) in [5.41, 5.74) is 1.30. The summed E-state index contributed by atoms with van der Waals surface area (Å²) in [6.07, 6.45) is 0. The van der Waals surface area contributed by atoms with E-state index in [-0.39, 0.29) is 0 Å². The molecule has 1 N–H and O–H groups in total. The van der Waals surface area contributed by atoms with Crippen molar-refractivity contribution in [1.29, 1.82) is 0 Å². The van der Waals surface area contributed by atoms with Gasteiger partial charge in [-0.2, -0.15) is 11.8 Å². The first kappa shape index (κ1) is 10.3. The van der Waals surface area contributed by atoms with E-state index < -0.39 is 0 Å². The van der Waals surface area contributed by atoms with Gasteiger partial charge in [-0.05, 0) is 17.7 Å². The largest absolute Gasteiger partial charge is 0.308 e. The Morgan fingerprint density at radius 1 is 1.50 bits per heavy atom. The fourth-order valence-electron chi connectivity index (χ4n) is 1.62. The first-order valence-corrected chi connectivity index (χ1v) is 6.29. The van der Waals surface area contributed by atoms with Crippen LogP contribution in [0.15, 0.2) is 24.3 Å². The van der Waals surface area contributed by atoms with Crippen LogP contribution in [-0.4, -0.2) is 17.5 Å². The molecule has 1 aliphatic rings. The third-order valence-electron chi connectivity index (χ3n) is 2.45. The van der Waals surface area contributed by atoms with Gasteiger partial charge in [0, 0.05) is 28.6 Å². The number of hydrogen-bond donors (Lipinski definition) is 1. The molecular weight excluding hydrogens is 214 g/mol. The Labute approximate surface area is 94.2 Å². The Kier molecular flexibility index (Phi) is 3.37. The fourth-order valence-corrected chi connectivity index (χ4v) is 2.87. The third-order valence-corrected chi connectivity index (χ3v) is 3.95. The first-order valence-electron chi connectivity index (χ1n) is 4.86. The van der Waals surface area contributed by atoms with E-state index in [0.717, 1.165) is 22.6 Å². The summed E-state index contributed by atoms with van der Waals surface area (Å²) in [4.78, 5) is 0. The van der Waals surface area contributed by atoms with E-state index in [1.165, 1.54) is 5.56 Å². The highest BCUT2D eigenvalue weighted by Crippen LogP contribution is 2.26. The summed E-state index contributed by atoms with van der Waals surface area (Å²) in [5, 5.41) is 5.09. The van der Waals surface area contributed by atoms with Gasteiger partial charge in [-0.1, -0.05) is 30.7 Å². The van der Waals surface area contributed by atoms with Gasteiger partial charge in [0.15, 0.2) is 0 Å². The molecule has 1 fully saturated rings. The standard InChI is InChI=1S/C11H14ClNS/c1-8-6-13-11(7-14-8)9-3-2-4-10(12)5-9/h2-5,8,11,13H,6-7H2,1H3. The number of rotatable bonds is 1. The van der Waals surface area contributed by atoms with Gasteiger partial charge in [-0.15, -0.1) is 0 Å². The zero-order valence-electron chi connectivity index (χ0n) is 8.16. The van der Waals surface area contributed by atoms with Crippen LogP contribution in [0.2, 0.25) is 5.02 Å². The van der Waals surface area contributed by atoms with Crippen LogP contribution in [0, 0.1) is 0 Å². The summed E-state index contributed by atoms with van der Waals surface area (Å²) in [6.45, 7) is 3.34. The summed E-state index contributed by atoms with van der Waals surface area (Å²) in [6, 6.07) is 8.59. The SMILES string of the molecule is CC1CNC(c2cccc(Cl)c2)CS1. The minimum atomic E-state index is 0.467. The van der Waals surface area contributed by atoms with E-state index in [4.69, 9.17) is 11.6 Å². The van der Waals surface area contributed by atoms with Gasteiger partial charge in [-0.3, -0.25) is 0 Å². The molecule has 3 heteroatoms. The number of thioether (sulfide) groups is 1. The lowest BCUT2D eigenvalue weighted by Gasteiger charge is -2.27. The second kappa shape index (κ2) is 4.56. The normalized spacial score (nSPS) is 27.6. The molecule has 76 valence electrons. The van der Waals surface area contributed by atoms with E-state index in [9.17, 15) is 0 Å². The van der Waals surface area contributed by atoms with Crippen LogP contribution < -0.4 is 5.32 Å². The molecule has 1 aromatic carbocycles. The van der Waals surface area contributed by atoms with Crippen molar-refractivity contribution >= 4 is 23.4 Å². The van der Waals surface area contributed by atoms with Gasteiger partial charge in [0.05, 0.1) is 0 Å². The van der Waals surface area contributed by atoms with Crippen molar-refractivity contribution in [2.45, 2.75) is 18.2 Å². The molecule has 0 amide bonds. The number of nitrogens with one attached hydrogen (secondary N) is 1. The van der Waals surface area contributed by atoms with Crippen LogP contribution in [0.25, 0.3) is 0 Å². The molecule has 1 aliphatic heterocycles. The maximum Gasteiger partial charge on any atom is 0.0412 e. The quantitative estimate of drug-likeness (QED) is 0.792. The molecule has 0 spiro atoms. The molecule has 0 saturated carbocycles. The average molecular weight is 228 g/mol. The highest BCUT2D eigenvalue weighted by molar-refractivity contribution is 8.00. The minimum Gasteiger partial charge on any atom is -0.308 e. The molecule has 0 radical (unpaired) electrons. The summed E-state index contributed by atoms with van der Waals surface area (Å²) in [5.74, 6) is 1.14. The maximum absolute atomic E-state index is 5.96. The Bertz CT molecular complexity index is 308. The zero-order valence-corrected chi connectivity index (χ0v) is 9.74. The van der Waals surface area contributed by atoms with Gasteiger partial charge in [0.1, 0.15) is 0 Å². The Morgan fingerprint density at radius 2 is 2.36 bits per heavy atom. The van der Waals surface area contributed by atoms with Crippen molar-refractivity contribution < 1.29 is 0 Å². The van der Waals surface area contributed by atoms with E-state index in [1.54, 1.807) is 0 Å². The molecule has 1 nitrogen and oxygen atoms in total. The topological polar surface area (TPSA) is 12.0 Å². The van der Waals surface area contributed by atoms with Crippen LogP contribution in [0.3, 0.4) is 0 Å². The lowest BCUT2D eigenvalue weighted by molar-refractivity contribution is 0.564. The van der Waals surface area contributed by atoms with E-state index in [2.05, 4.69) is 24.4 Å². The average Bonchev–Trinajstić information content (AvgIpc) is 2.19. The summed E-state index contributed by atoms with van der Waals surface area (Å²) >= 11 is 7.98. The molecule has 1 saturated heterocycles. The van der Waals surface area contributed by atoms with Crippen LogP contribution in [0.4, 0.5) is 0 Å². The van der Waals surface area contributed by atoms with Gasteiger partial charge in [-0.25, -0.2) is 0 Å². The molecule has 0 bridgehead atoms. The van der Waals surface area contributed by atoms with Crippen molar-refractivity contribution in [3.8, 4) is 0 Å². The van der Waals surface area contributed by atoms with Crippen LogP contribution >= 0.6 is 23.4 Å². The lowest BCUT2D eigenvalue weighted by atomic mass is 10.1. The molecule has 2 unspecified atom stereocenters. The van der Waals surface area contributed by atoms with Crippen LogP contribution in [-0.2, 0) is 0 Å². The summed E-state index contributed by atoms with van der Waals surface area (Å²) < 4.78 is 0. The molecule has 2 atom stereocenters. The molecular formula is C11H14ClNS. The van der Waals surface area contributed by atoms with Crippen LogP contribution in [0.1, 0.15) is 18.5 Å². The van der Waals surface area contributed by atoms with Crippen LogP contribution in [0.5, 0.6) is 0 Å². The Morgan fingerprint density at radius 3 is 3.00 bits per heavy atom. The molecule has 0 aromatic heterocycles. The van der Waals surface area contributed by atoms with E-state index in [0.29, 0.717) is 6.04 Å². The smallest absolute Gasteiger partial charge is 0.0412 e. The van der Waals surface area contributed by atoms with Crippen molar-refractivity contribution in [1.82, 2.24) is 5.32 Å². The maximum atomic E-state index is 5.96. The molecule has 14 heavy (non-hydrogen) atoms. The molecule has 1 heterocycles. The molecule has 2 rings (SSSR count). The highest BCUT2D eigenvalue weighted by Gasteiger charge is 2.18. The zero-order chi connectivity index (χ0) is 9.97. The molecule has 1 aromatic rings. The molecule has 0 aliphatic carbocycles. The van der Waals surface area contributed by atoms with Gasteiger partial charge in [0.2, 0.25) is 0 Å². The minimum absolute atomic E-state index is 0.467. The van der Waals surface area contributed by atoms with E-state index >= 15 is 0 Å². The van der Waals surface area contributed by atoms with Gasteiger partial charge in [0.25, 0.3) is 0 Å². The van der Waals surface area contributed by atoms with E-state index in [1.807, 2.05) is 23.9 Å². The summed E-state index contributed by atoms with van der Waals surface area (Å²) in [7, 11) is 0. The number of benzene rings is 1. The second-order valence-electron chi connectivity index (χ2n) is 3.66. The predicted octanol–water partition coefficient (Wildman–Crippen LogP) is 3.11. The first-order chi connectivity index (χ1) is 6.75. The van der Waals surface area contributed by atoms with Crippen molar-refractivity contribution in [3.05, 3.63) is 34.9 Å². The second-order valence-corrected chi connectivity index (χ2v) is 5.57. The van der Waals surface area contributed by atoms with Crippen molar-refractivity contribution in [3.63, 3.8) is 0 Å².